The number of benzene rings is 4. The first-order valence-electron chi connectivity index (χ1n) is 13.5. The second-order valence-electron chi connectivity index (χ2n) is 10.4. The Balaban J connectivity index is 0.00000256. The van der Waals surface area contributed by atoms with Gasteiger partial charge in [-0.25, -0.2) is 9.97 Å². The van der Waals surface area contributed by atoms with E-state index in [1.54, 1.807) is 0 Å². The Bertz CT molecular complexity index is 2020. The number of nitrogens with zero attached hydrogens (tertiary/aromatic N) is 2. The molecule has 0 fully saturated rings. The van der Waals surface area contributed by atoms with Crippen LogP contribution in [0, 0.1) is 0 Å². The Morgan fingerprint density at radius 3 is 0.854 bits per heavy atom. The average molecular weight is 576 g/mol. The van der Waals surface area contributed by atoms with Gasteiger partial charge in [-0.1, -0.05) is 97.1 Å². The van der Waals surface area contributed by atoms with Crippen LogP contribution in [0.3, 0.4) is 0 Å². The van der Waals surface area contributed by atoms with Crippen LogP contribution in [-0.2, 0) is 19.5 Å². The summed E-state index contributed by atoms with van der Waals surface area (Å²) in [7, 11) is 0. The van der Waals surface area contributed by atoms with E-state index in [1.807, 2.05) is 0 Å². The molecule has 0 saturated carbocycles. The van der Waals surface area contributed by atoms with Gasteiger partial charge >= 0.3 is 19.5 Å². The molecule has 4 nitrogen and oxygen atoms in total. The van der Waals surface area contributed by atoms with Crippen LogP contribution in [0.2, 0.25) is 0 Å². The molecule has 2 aliphatic heterocycles. The van der Waals surface area contributed by atoms with E-state index in [0.29, 0.717) is 0 Å². The summed E-state index contributed by atoms with van der Waals surface area (Å²) in [4.78, 5) is 17.8. The van der Waals surface area contributed by atoms with Crippen molar-refractivity contribution >= 4 is 43.6 Å². The zero-order valence-electron chi connectivity index (χ0n) is 22.1. The van der Waals surface area contributed by atoms with E-state index in [1.165, 1.54) is 0 Å². The molecule has 2 aliphatic rings. The standard InChI is InChI=1S/C36H22N4.Zn/c1-2-10-22-21(9-1)29-17-31-23-11-3-4-12-24(23)33(38-31)19-35-27-15-7-8-16-28(27)36(40-35)20-34-26-14-6-5-13-25(26)32(39-34)18-30(22)37-29;/h1-20,37,40H;/q;+1. The third-order valence-electron chi connectivity index (χ3n) is 8.12. The van der Waals surface area contributed by atoms with E-state index in [4.69, 9.17) is 9.97 Å². The van der Waals surface area contributed by atoms with Gasteiger partial charge in [0.05, 0.1) is 22.8 Å². The number of hydrogen-bond acceptors (Lipinski definition) is 2. The summed E-state index contributed by atoms with van der Waals surface area (Å²) < 4.78 is 0. The van der Waals surface area contributed by atoms with Crippen LogP contribution in [0.1, 0.15) is 0 Å². The van der Waals surface area contributed by atoms with Gasteiger partial charge in [-0.2, -0.15) is 0 Å². The van der Waals surface area contributed by atoms with Gasteiger partial charge in [0.15, 0.2) is 0 Å². The molecule has 2 N–H and O–H groups in total. The molecular weight excluding hydrogens is 554 g/mol. The predicted molar refractivity (Wildman–Crippen MR) is 165 cm³/mol. The van der Waals surface area contributed by atoms with E-state index in [9.17, 15) is 0 Å². The summed E-state index contributed by atoms with van der Waals surface area (Å²) in [5, 5.41) is 4.66. The van der Waals surface area contributed by atoms with Crippen LogP contribution in [0.25, 0.3) is 88.6 Å². The van der Waals surface area contributed by atoms with Crippen molar-refractivity contribution in [3.63, 3.8) is 0 Å². The summed E-state index contributed by atoms with van der Waals surface area (Å²) in [5.74, 6) is 0. The van der Waals surface area contributed by atoms with Gasteiger partial charge in [0, 0.05) is 65.9 Å². The SMILES string of the molecule is [Zn+].c1ccc2c(c1)-c1cc3[nH]c(cc4nc(cc5[nH]c(cc-2n1)c1ccccc51)-c1ccccc1-4)c1ccccc31. The van der Waals surface area contributed by atoms with Gasteiger partial charge < -0.3 is 9.97 Å². The van der Waals surface area contributed by atoms with Crippen molar-refractivity contribution < 1.29 is 19.5 Å². The van der Waals surface area contributed by atoms with Gasteiger partial charge in [-0.05, 0) is 24.3 Å². The van der Waals surface area contributed by atoms with E-state index in [-0.39, 0.29) is 19.5 Å². The monoisotopic (exact) mass is 574 g/mol. The molecule has 41 heavy (non-hydrogen) atoms. The maximum absolute atomic E-state index is 5.17. The van der Waals surface area contributed by atoms with E-state index >= 15 is 0 Å². The minimum Gasteiger partial charge on any atom is -0.354 e. The number of fused-ring (bicyclic) bond motifs is 20. The predicted octanol–water partition coefficient (Wildman–Crippen LogP) is 9.29. The average Bonchev–Trinajstić information content (AvgIpc) is 3.73. The Morgan fingerprint density at radius 2 is 0.585 bits per heavy atom. The Kier molecular flexibility index (Phi) is 5.32. The van der Waals surface area contributed by atoms with Crippen molar-refractivity contribution in [1.29, 1.82) is 0 Å². The molecule has 3 aromatic heterocycles. The van der Waals surface area contributed by atoms with Gasteiger partial charge in [-0.3, -0.25) is 0 Å². The molecule has 187 valence electrons. The molecule has 7 aromatic rings. The Hall–Kier alpha value is -4.86. The van der Waals surface area contributed by atoms with Crippen LogP contribution in [0.4, 0.5) is 0 Å². The van der Waals surface area contributed by atoms with Crippen molar-refractivity contribution in [3.8, 4) is 45.0 Å². The minimum atomic E-state index is 0. The topological polar surface area (TPSA) is 57.4 Å². The Labute approximate surface area is 248 Å². The van der Waals surface area contributed by atoms with Gasteiger partial charge in [0.25, 0.3) is 0 Å². The molecule has 1 radical (unpaired) electrons. The van der Waals surface area contributed by atoms with Crippen molar-refractivity contribution in [2.45, 2.75) is 0 Å². The molecule has 0 aliphatic carbocycles. The second-order valence-corrected chi connectivity index (χ2v) is 10.4. The first-order chi connectivity index (χ1) is 19.8. The zero-order chi connectivity index (χ0) is 26.2. The number of H-pyrrole nitrogens is 2. The van der Waals surface area contributed by atoms with E-state index < -0.39 is 0 Å². The number of aromatic amines is 2. The summed E-state index contributed by atoms with van der Waals surface area (Å²) >= 11 is 0. The number of aromatic nitrogens is 4. The third-order valence-corrected chi connectivity index (χ3v) is 8.12. The van der Waals surface area contributed by atoms with E-state index in [2.05, 4.69) is 131 Å². The van der Waals surface area contributed by atoms with Crippen molar-refractivity contribution in [2.75, 3.05) is 0 Å². The molecule has 9 rings (SSSR count). The molecule has 4 aromatic carbocycles. The molecule has 0 saturated heterocycles. The Morgan fingerprint density at radius 1 is 0.341 bits per heavy atom. The summed E-state index contributed by atoms with van der Waals surface area (Å²) in [5.41, 5.74) is 12.5. The van der Waals surface area contributed by atoms with Crippen molar-refractivity contribution in [2.24, 2.45) is 0 Å². The molecule has 5 heterocycles. The summed E-state index contributed by atoms with van der Waals surface area (Å²) in [6, 6.07) is 42.7. The fourth-order valence-electron chi connectivity index (χ4n) is 6.27. The normalized spacial score (nSPS) is 11.7. The molecule has 0 amide bonds. The van der Waals surface area contributed by atoms with Gasteiger partial charge in [-0.15, -0.1) is 0 Å². The van der Waals surface area contributed by atoms with Crippen LogP contribution in [-0.4, -0.2) is 19.9 Å². The van der Waals surface area contributed by atoms with Crippen molar-refractivity contribution in [3.05, 3.63) is 121 Å². The minimum absolute atomic E-state index is 0. The maximum Gasteiger partial charge on any atom is 1.00 e. The summed E-state index contributed by atoms with van der Waals surface area (Å²) in [6.45, 7) is 0. The largest absolute Gasteiger partial charge is 1.00 e. The molecule has 8 bridgehead atoms. The fourth-order valence-corrected chi connectivity index (χ4v) is 6.27. The molecule has 0 spiro atoms. The number of hydrogen-bond donors (Lipinski definition) is 2. The quantitative estimate of drug-likeness (QED) is 0.177. The van der Waals surface area contributed by atoms with Crippen LogP contribution in [0.15, 0.2) is 121 Å². The van der Waals surface area contributed by atoms with E-state index in [0.717, 1.165) is 88.6 Å². The first-order valence-corrected chi connectivity index (χ1v) is 13.5. The van der Waals surface area contributed by atoms with Crippen molar-refractivity contribution in [1.82, 2.24) is 19.9 Å². The van der Waals surface area contributed by atoms with Crippen LogP contribution >= 0.6 is 0 Å². The number of nitrogens with one attached hydrogen (secondary N) is 2. The molecule has 5 heteroatoms. The van der Waals surface area contributed by atoms with Crippen LogP contribution < -0.4 is 0 Å². The molecule has 0 unspecified atom stereocenters. The second kappa shape index (κ2) is 9.09. The third kappa shape index (κ3) is 3.63. The van der Waals surface area contributed by atoms with Gasteiger partial charge in [0.2, 0.25) is 0 Å². The molecular formula is C36H22N4Zn+. The van der Waals surface area contributed by atoms with Crippen LogP contribution in [0.5, 0.6) is 0 Å². The summed E-state index contributed by atoms with van der Waals surface area (Å²) in [6.07, 6.45) is 0. The molecule has 0 atom stereocenters. The smallest absolute Gasteiger partial charge is 0.354 e. The van der Waals surface area contributed by atoms with Gasteiger partial charge in [0.1, 0.15) is 0 Å². The fraction of sp³-hybridized carbons (Fsp3) is 0. The first kappa shape index (κ1) is 24.0. The number of rotatable bonds is 0. The maximum atomic E-state index is 5.17. The zero-order valence-corrected chi connectivity index (χ0v) is 25.1.